The summed E-state index contributed by atoms with van der Waals surface area (Å²) >= 11 is 12.5. The van der Waals surface area contributed by atoms with E-state index in [-0.39, 0.29) is 11.6 Å². The van der Waals surface area contributed by atoms with Crippen molar-refractivity contribution in [2.24, 2.45) is 0 Å². The van der Waals surface area contributed by atoms with Crippen molar-refractivity contribution in [2.75, 3.05) is 10.6 Å². The van der Waals surface area contributed by atoms with E-state index in [1.54, 1.807) is 48.5 Å². The first-order chi connectivity index (χ1) is 24.3. The van der Waals surface area contributed by atoms with Crippen molar-refractivity contribution in [1.29, 1.82) is 0 Å². The third kappa shape index (κ3) is 9.16. The number of carbonyl (C=O) groups is 3. The van der Waals surface area contributed by atoms with Crippen LogP contribution in [-0.2, 0) is 9.59 Å². The lowest BCUT2D eigenvalue weighted by molar-refractivity contribution is -0.116. The summed E-state index contributed by atoms with van der Waals surface area (Å²) in [5.74, 6) is -1.12. The highest BCUT2D eigenvalue weighted by atomic mass is 79.9. The lowest BCUT2D eigenvalue weighted by Gasteiger charge is -2.17. The minimum Gasteiger partial charge on any atom is -0.321 e. The van der Waals surface area contributed by atoms with Gasteiger partial charge >= 0.3 is 0 Å². The number of thiazole rings is 1. The molecule has 3 N–H and O–H groups in total. The van der Waals surface area contributed by atoms with Gasteiger partial charge in [-0.05, 0) is 71.8 Å². The minimum absolute atomic E-state index is 0.0836. The summed E-state index contributed by atoms with van der Waals surface area (Å²) in [5, 5.41) is 10.9. The number of carbonyl (C=O) groups excluding carboxylic acids is 3. The molecule has 0 spiro atoms. The predicted molar refractivity (Wildman–Crippen MR) is 207 cm³/mol. The molecule has 11 heteroatoms. The highest BCUT2D eigenvalue weighted by molar-refractivity contribution is 9.10. The van der Waals surface area contributed by atoms with Gasteiger partial charge in [-0.3, -0.25) is 14.4 Å². The summed E-state index contributed by atoms with van der Waals surface area (Å²) in [7, 11) is 0. The highest BCUT2D eigenvalue weighted by Crippen LogP contribution is 2.38. The Labute approximate surface area is 311 Å². The molecule has 0 aliphatic carbocycles. The van der Waals surface area contributed by atoms with Gasteiger partial charge in [0.25, 0.3) is 11.8 Å². The fourth-order valence-electron chi connectivity index (χ4n) is 4.81. The quantitative estimate of drug-likeness (QED) is 0.0898. The molecule has 248 valence electrons. The Morgan fingerprint density at radius 2 is 1.44 bits per heavy atom. The molecule has 0 aliphatic rings. The normalized spacial score (nSPS) is 11.8. The van der Waals surface area contributed by atoms with Crippen molar-refractivity contribution in [1.82, 2.24) is 10.3 Å². The first-order valence-electron chi connectivity index (χ1n) is 15.3. The van der Waals surface area contributed by atoms with Crippen LogP contribution in [0.25, 0.3) is 17.3 Å². The van der Waals surface area contributed by atoms with Gasteiger partial charge in [-0.25, -0.2) is 4.98 Å². The average molecular weight is 780 g/mol. The number of nitrogens with zero attached hydrogens (tertiary/aromatic N) is 1. The molecule has 6 aromatic rings. The molecule has 50 heavy (non-hydrogen) atoms. The van der Waals surface area contributed by atoms with E-state index in [0.29, 0.717) is 27.1 Å². The van der Waals surface area contributed by atoms with Crippen LogP contribution in [0.2, 0.25) is 5.02 Å². The maximum absolute atomic E-state index is 13.7. The van der Waals surface area contributed by atoms with Crippen molar-refractivity contribution < 1.29 is 14.4 Å². The van der Waals surface area contributed by atoms with E-state index < -0.39 is 17.1 Å². The van der Waals surface area contributed by atoms with Crippen LogP contribution < -0.4 is 16.0 Å². The summed E-state index contributed by atoms with van der Waals surface area (Å²) in [6.07, 6.45) is 1.62. The zero-order chi connectivity index (χ0) is 34.9. The number of rotatable bonds is 11. The molecule has 0 aliphatic heterocycles. The second kappa shape index (κ2) is 16.6. The fourth-order valence-corrected chi connectivity index (χ4v) is 7.05. The Kier molecular flexibility index (Phi) is 11.6. The van der Waals surface area contributed by atoms with E-state index in [9.17, 15) is 14.4 Å². The largest absolute Gasteiger partial charge is 0.321 e. The predicted octanol–water partition coefficient (Wildman–Crippen LogP) is 10.1. The van der Waals surface area contributed by atoms with Gasteiger partial charge in [-0.2, -0.15) is 0 Å². The fraction of sp³-hybridized carbons (Fsp3) is 0.0256. The molecule has 7 nitrogen and oxygen atoms in total. The van der Waals surface area contributed by atoms with E-state index in [1.807, 2.05) is 96.4 Å². The SMILES string of the molecule is O=C(Nc1ccc(SC(C(=O)Nc2nc(-c3ccccc3Cl)cs2)c2ccccc2)cc1)/C(=C/c1ccc(Br)cc1)NC(=O)c1ccccc1. The standard InChI is InChI=1S/C39H28BrClN4O3S2/c40-28-17-15-25(16-18-28)23-33(43-36(46)27-11-5-2-6-12-27)37(47)42-29-19-21-30(22-20-29)50-35(26-9-3-1-4-10-26)38(48)45-39-44-34(24-49-39)31-13-7-8-14-32(31)41/h1-24,35H,(H,42,47)(H,43,46)(H,44,45,48)/b33-23-. The molecule has 0 radical (unpaired) electrons. The van der Waals surface area contributed by atoms with E-state index >= 15 is 0 Å². The summed E-state index contributed by atoms with van der Waals surface area (Å²) in [4.78, 5) is 45.6. The number of aromatic nitrogens is 1. The summed E-state index contributed by atoms with van der Waals surface area (Å²) in [5.41, 5.74) is 4.07. The van der Waals surface area contributed by atoms with Crippen LogP contribution in [0.3, 0.4) is 0 Å². The van der Waals surface area contributed by atoms with Gasteiger partial charge in [-0.15, -0.1) is 23.1 Å². The Morgan fingerprint density at radius 1 is 0.780 bits per heavy atom. The molecule has 0 saturated carbocycles. The highest BCUT2D eigenvalue weighted by Gasteiger charge is 2.24. The molecule has 6 rings (SSSR count). The number of benzene rings is 5. The molecular formula is C39H28BrClN4O3S2. The zero-order valence-corrected chi connectivity index (χ0v) is 30.2. The number of halogens is 2. The van der Waals surface area contributed by atoms with E-state index in [4.69, 9.17) is 11.6 Å². The third-order valence-corrected chi connectivity index (χ3v) is 10.2. The molecule has 1 heterocycles. The van der Waals surface area contributed by atoms with Crippen LogP contribution in [0.4, 0.5) is 10.8 Å². The van der Waals surface area contributed by atoms with Crippen molar-refractivity contribution in [2.45, 2.75) is 10.1 Å². The topological polar surface area (TPSA) is 100 Å². The Hall–Kier alpha value is -5.00. The molecule has 1 atom stereocenters. The van der Waals surface area contributed by atoms with Crippen LogP contribution >= 0.6 is 50.6 Å². The maximum Gasteiger partial charge on any atom is 0.272 e. The third-order valence-electron chi connectivity index (χ3n) is 7.30. The second-order valence-corrected chi connectivity index (χ2v) is 14.2. The van der Waals surface area contributed by atoms with E-state index in [2.05, 4.69) is 36.9 Å². The molecule has 0 bridgehead atoms. The van der Waals surface area contributed by atoms with Gasteiger partial charge in [0, 0.05) is 36.6 Å². The van der Waals surface area contributed by atoms with Gasteiger partial charge in [0.05, 0.1) is 5.69 Å². The molecule has 0 saturated heterocycles. The smallest absolute Gasteiger partial charge is 0.272 e. The summed E-state index contributed by atoms with van der Waals surface area (Å²) in [6, 6.07) is 40.2. The zero-order valence-electron chi connectivity index (χ0n) is 26.2. The number of hydrogen-bond donors (Lipinski definition) is 3. The lowest BCUT2D eigenvalue weighted by Crippen LogP contribution is -2.30. The maximum atomic E-state index is 13.7. The van der Waals surface area contributed by atoms with Gasteiger partial charge in [0.1, 0.15) is 10.9 Å². The molecule has 1 unspecified atom stereocenters. The minimum atomic E-state index is -0.585. The van der Waals surface area contributed by atoms with Gasteiger partial charge in [0.15, 0.2) is 5.13 Å². The van der Waals surface area contributed by atoms with Crippen LogP contribution in [0.1, 0.15) is 26.7 Å². The number of nitrogens with one attached hydrogen (secondary N) is 3. The van der Waals surface area contributed by atoms with Crippen molar-refractivity contribution in [3.05, 3.63) is 171 Å². The van der Waals surface area contributed by atoms with Crippen LogP contribution in [0, 0.1) is 0 Å². The van der Waals surface area contributed by atoms with Crippen LogP contribution in [-0.4, -0.2) is 22.7 Å². The van der Waals surface area contributed by atoms with Crippen LogP contribution in [0.15, 0.2) is 154 Å². The first-order valence-corrected chi connectivity index (χ1v) is 18.2. The van der Waals surface area contributed by atoms with E-state index in [0.717, 1.165) is 26.1 Å². The van der Waals surface area contributed by atoms with Gasteiger partial charge in [0.2, 0.25) is 5.91 Å². The van der Waals surface area contributed by atoms with E-state index in [1.165, 1.54) is 23.1 Å². The van der Waals surface area contributed by atoms with Crippen molar-refractivity contribution >= 4 is 85.2 Å². The second-order valence-electron chi connectivity index (χ2n) is 10.8. The van der Waals surface area contributed by atoms with Crippen molar-refractivity contribution in [3.8, 4) is 11.3 Å². The van der Waals surface area contributed by atoms with Crippen molar-refractivity contribution in [3.63, 3.8) is 0 Å². The lowest BCUT2D eigenvalue weighted by atomic mass is 10.1. The summed E-state index contributed by atoms with van der Waals surface area (Å²) in [6.45, 7) is 0. The first kappa shape index (κ1) is 34.8. The Bertz CT molecular complexity index is 2140. The number of amides is 3. The van der Waals surface area contributed by atoms with Gasteiger partial charge < -0.3 is 16.0 Å². The Balaban J connectivity index is 1.17. The average Bonchev–Trinajstić information content (AvgIpc) is 3.60. The molecule has 3 amide bonds. The number of thioether (sulfide) groups is 1. The van der Waals surface area contributed by atoms with Crippen LogP contribution in [0.5, 0.6) is 0 Å². The number of hydrogen-bond acceptors (Lipinski definition) is 6. The number of anilines is 2. The molecule has 1 aromatic heterocycles. The Morgan fingerprint density at radius 3 is 2.14 bits per heavy atom. The summed E-state index contributed by atoms with van der Waals surface area (Å²) < 4.78 is 0.893. The molecule has 5 aromatic carbocycles. The molecular weight excluding hydrogens is 752 g/mol. The molecule has 0 fully saturated rings. The monoisotopic (exact) mass is 778 g/mol. The van der Waals surface area contributed by atoms with Gasteiger partial charge in [-0.1, -0.05) is 106 Å².